The molecule has 4 aliphatic carbocycles. The Morgan fingerprint density at radius 3 is 0.569 bits per heavy atom. The highest BCUT2D eigenvalue weighted by Gasteiger charge is 2.90. The molecule has 7 saturated heterocycles. The van der Waals surface area contributed by atoms with Gasteiger partial charge in [0.1, 0.15) is 0 Å². The fraction of sp³-hybridized carbons (Fsp3) is 0.455. The highest BCUT2D eigenvalue weighted by molar-refractivity contribution is 7.51. The summed E-state index contributed by atoms with van der Waals surface area (Å²) in [6.07, 6.45) is 19.3. The van der Waals surface area contributed by atoms with Gasteiger partial charge in [0, 0.05) is 20.7 Å². The molecule has 116 heavy (non-hydrogen) atoms. The van der Waals surface area contributed by atoms with Crippen molar-refractivity contribution in [1.29, 1.82) is 0 Å². The van der Waals surface area contributed by atoms with Crippen molar-refractivity contribution < 1.29 is 68.3 Å². The van der Waals surface area contributed by atoms with E-state index in [0.717, 1.165) is 148 Å². The first kappa shape index (κ1) is 81.4. The molecule has 612 valence electrons. The number of benzene rings is 8. The van der Waals surface area contributed by atoms with E-state index in [4.69, 9.17) is 35.4 Å². The standard InChI is InChI=1S/C88H116O16Si12/c1-105(2,65-61-69-37-33-57-81-85(69)89-81)93-109(73-41-17-9-18-42-73)97-113(77-49-25-13-26-50-77)99-110(74-43-19-10-20-44-74,94-106(3,4)66-62-70-38-34-58-82-86(70)90-82)100-114(98-109,78-51-27-14-28-52-78)116(80-55-31-16-32-56-80)102-111(75-45-21-11-22-46-75,95-107(5,6)67-63-71-39-35-59-83-87(71)91-83)101-115(113,79-53-29-15-30-54-79)103-112(104-116,76-47-23-12-24-48-76)96-108(7,8)68-64-72-40-36-60-84-88(72)92-84/h9-32,41-56,69-72,81-88H,33-40,57-68H2,1-8H3. The van der Waals surface area contributed by atoms with Crippen molar-refractivity contribution in [1.82, 2.24) is 0 Å². The van der Waals surface area contributed by atoms with Crippen LogP contribution in [0.25, 0.3) is 0 Å². The van der Waals surface area contributed by atoms with Crippen LogP contribution in [0.2, 0.25) is 76.6 Å². The third kappa shape index (κ3) is 15.9. The van der Waals surface area contributed by atoms with E-state index in [9.17, 15) is 32.9 Å². The average Bonchev–Trinajstić information content (AvgIpc) is 0.668. The van der Waals surface area contributed by atoms with Gasteiger partial charge >= 0.3 is 67.5 Å². The summed E-state index contributed by atoms with van der Waals surface area (Å²) in [5.74, 6) is 1.52. The van der Waals surface area contributed by atoms with Crippen LogP contribution in [0.15, 0.2) is 243 Å². The molecule has 12 atom stereocenters. The van der Waals surface area contributed by atoms with Crippen LogP contribution in [-0.4, -0.2) is 150 Å². The number of epoxide rings is 4. The molecule has 4 saturated carbocycles. The molecule has 0 spiro atoms. The molecule has 0 radical (unpaired) electrons. The van der Waals surface area contributed by atoms with E-state index in [1.165, 1.54) is 0 Å². The lowest BCUT2D eigenvalue weighted by atomic mass is 9.87. The predicted molar refractivity (Wildman–Crippen MR) is 479 cm³/mol. The van der Waals surface area contributed by atoms with Crippen molar-refractivity contribution in [3.8, 4) is 0 Å². The van der Waals surface area contributed by atoms with Crippen LogP contribution in [0.5, 0.6) is 0 Å². The number of hydrogen-bond donors (Lipinski definition) is 0. The Morgan fingerprint density at radius 2 is 0.397 bits per heavy atom. The van der Waals surface area contributed by atoms with Gasteiger partial charge in [-0.25, -0.2) is 0 Å². The maximum atomic E-state index is 9.82. The summed E-state index contributed by atoms with van der Waals surface area (Å²) in [4.78, 5) is 0. The fourth-order valence-electron chi connectivity index (χ4n) is 20.7. The molecular formula is C88H116O16Si12. The molecular weight excluding hydrogens is 1650 g/mol. The van der Waals surface area contributed by atoms with E-state index in [2.05, 4.69) is 295 Å². The van der Waals surface area contributed by atoms with Gasteiger partial charge in [-0.3, -0.25) is 0 Å². The van der Waals surface area contributed by atoms with Crippen LogP contribution in [0.1, 0.15) is 103 Å². The highest BCUT2D eigenvalue weighted by atomic mass is 29.3. The molecule has 19 rings (SSSR count). The molecule has 0 N–H and O–H groups in total. The Kier molecular flexibility index (Phi) is 22.5. The molecule has 4 bridgehead atoms. The minimum absolute atomic E-state index is 0.243. The predicted octanol–water partition coefficient (Wildman–Crippen LogP) is 13.8. The third-order valence-electron chi connectivity index (χ3n) is 26.9. The van der Waals surface area contributed by atoms with Crippen LogP contribution >= 0.6 is 0 Å². The zero-order chi connectivity index (χ0) is 79.3. The zero-order valence-corrected chi connectivity index (χ0v) is 80.7. The molecule has 7 heterocycles. The molecule has 11 fully saturated rings. The van der Waals surface area contributed by atoms with Crippen LogP contribution in [0.4, 0.5) is 0 Å². The molecule has 11 aliphatic rings. The average molecular weight is 1770 g/mol. The fourth-order valence-corrected chi connectivity index (χ4v) is 105. The summed E-state index contributed by atoms with van der Waals surface area (Å²) in [6, 6.07) is 88.6. The Balaban J connectivity index is 0.975. The second-order valence-electron chi connectivity index (χ2n) is 37.4. The quantitative estimate of drug-likeness (QED) is 0.0336. The third-order valence-corrected chi connectivity index (χ3v) is 90.1. The van der Waals surface area contributed by atoms with Gasteiger partial charge < -0.3 is 68.3 Å². The van der Waals surface area contributed by atoms with Gasteiger partial charge in [-0.1, -0.05) is 268 Å². The van der Waals surface area contributed by atoms with E-state index in [1.54, 1.807) is 0 Å². The van der Waals surface area contributed by atoms with Crippen molar-refractivity contribution in [2.45, 2.75) is 228 Å². The number of ether oxygens (including phenoxy) is 4. The van der Waals surface area contributed by atoms with Gasteiger partial charge in [0.15, 0.2) is 33.3 Å². The van der Waals surface area contributed by atoms with Crippen LogP contribution in [0.3, 0.4) is 0 Å². The molecule has 8 aromatic carbocycles. The first-order valence-electron chi connectivity index (χ1n) is 43.5. The van der Waals surface area contributed by atoms with Gasteiger partial charge in [0.05, 0.1) is 48.8 Å². The molecule has 0 amide bonds. The van der Waals surface area contributed by atoms with Crippen molar-refractivity contribution in [3.63, 3.8) is 0 Å². The molecule has 28 heteroatoms. The number of hydrogen-bond acceptors (Lipinski definition) is 16. The van der Waals surface area contributed by atoms with Crippen molar-refractivity contribution in [2.75, 3.05) is 0 Å². The Bertz CT molecular complexity index is 4070. The van der Waals surface area contributed by atoms with Gasteiger partial charge in [-0.05, 0) is 198 Å². The summed E-state index contributed by atoms with van der Waals surface area (Å²) in [7, 11) is -55.0. The highest BCUT2D eigenvalue weighted by Crippen LogP contribution is 2.54. The Hall–Kier alpha value is -4.28. The normalized spacial score (nSPS) is 36.5. The number of fused-ring (bicyclic) bond motifs is 14. The van der Waals surface area contributed by atoms with Crippen LogP contribution in [0, 0.1) is 23.7 Å². The topological polar surface area (TPSA) is 161 Å². The SMILES string of the molecule is C[Si](C)(CCC1CCCC2OC12)O[Si]1(c2ccccc2)O[Si]2(c3ccccc3)O[Si](O[Si](C)(C)CCC3CCCC4OC34)(c3ccccc3)O[Si](c3ccccc3)(O1)[Si]1(c3ccccc3)O[Si](O[Si](C)(C)CCC3CCCC4OC34)(c3ccccc3)O[Si]2(c2ccccc2)O[Si](O[Si](C)(C)CCC2CCCC3OC23)(c2ccccc2)O1. The molecule has 0 aromatic heterocycles. The maximum absolute atomic E-state index is 9.82. The van der Waals surface area contributed by atoms with Gasteiger partial charge in [0.25, 0.3) is 0 Å². The van der Waals surface area contributed by atoms with Crippen molar-refractivity contribution >= 4 is 142 Å². The van der Waals surface area contributed by atoms with Crippen molar-refractivity contribution in [3.05, 3.63) is 243 Å². The monoisotopic (exact) mass is 1760 g/mol. The zero-order valence-electron chi connectivity index (χ0n) is 68.7. The van der Waals surface area contributed by atoms with E-state index in [1.807, 2.05) is 0 Å². The smallest absolute Gasteiger partial charge is 0.413 e. The van der Waals surface area contributed by atoms with Crippen molar-refractivity contribution in [2.24, 2.45) is 23.7 Å². The van der Waals surface area contributed by atoms with Gasteiger partial charge in [-0.2, -0.15) is 0 Å². The Morgan fingerprint density at radius 1 is 0.233 bits per heavy atom. The van der Waals surface area contributed by atoms with Gasteiger partial charge in [0.2, 0.25) is 0 Å². The Labute approximate surface area is 699 Å². The second kappa shape index (κ2) is 32.1. The van der Waals surface area contributed by atoms with Gasteiger partial charge in [-0.15, -0.1) is 0 Å². The summed E-state index contributed by atoms with van der Waals surface area (Å²) >= 11 is 0. The lowest BCUT2D eigenvalue weighted by Gasteiger charge is -2.64. The van der Waals surface area contributed by atoms with E-state index < -0.39 is 101 Å². The summed E-state index contributed by atoms with van der Waals surface area (Å²) < 4.78 is 140. The second-order valence-corrected chi connectivity index (χ2v) is 85.1. The minimum atomic E-state index is -5.45. The lowest BCUT2D eigenvalue weighted by molar-refractivity contribution is 0.123. The van der Waals surface area contributed by atoms with Crippen LogP contribution < -0.4 is 41.5 Å². The largest absolute Gasteiger partial charge is 0.509 e. The lowest BCUT2D eigenvalue weighted by Crippen LogP contribution is -3.01. The first-order valence-corrected chi connectivity index (χ1v) is 72.2. The summed E-state index contributed by atoms with van der Waals surface area (Å²) in [5.41, 5.74) is 0. The molecule has 8 aromatic rings. The van der Waals surface area contributed by atoms with E-state index >= 15 is 0 Å². The first-order chi connectivity index (χ1) is 56.1. The summed E-state index contributed by atoms with van der Waals surface area (Å²) in [5, 5.41) is 5.80. The maximum Gasteiger partial charge on any atom is 0.509 e. The summed E-state index contributed by atoms with van der Waals surface area (Å²) in [6.45, 7) is 19.0. The molecule has 16 nitrogen and oxygen atoms in total. The minimum Gasteiger partial charge on any atom is -0.413 e. The molecule has 7 aliphatic heterocycles. The van der Waals surface area contributed by atoms with Crippen LogP contribution in [-0.2, 0) is 68.3 Å². The van der Waals surface area contributed by atoms with E-state index in [-0.39, 0.29) is 24.4 Å². The number of rotatable bonds is 28. The molecule has 12 unspecified atom stereocenters. The van der Waals surface area contributed by atoms with E-state index in [0.29, 0.717) is 68.8 Å².